The zero-order valence-electron chi connectivity index (χ0n) is 31.8. The number of aryl methyl sites for hydroxylation is 1. The fourth-order valence-electron chi connectivity index (χ4n) is 6.19. The van der Waals surface area contributed by atoms with E-state index < -0.39 is 12.0 Å². The van der Waals surface area contributed by atoms with Gasteiger partial charge in [-0.25, -0.2) is 14.3 Å². The summed E-state index contributed by atoms with van der Waals surface area (Å²) in [7, 11) is 1.51. The van der Waals surface area contributed by atoms with Crippen molar-refractivity contribution in [1.29, 1.82) is 0 Å². The maximum absolute atomic E-state index is 13.9. The van der Waals surface area contributed by atoms with Crippen molar-refractivity contribution in [3.63, 3.8) is 0 Å². The van der Waals surface area contributed by atoms with Gasteiger partial charge in [-0.15, -0.1) is 0 Å². The number of carbonyl (C=O) groups is 2. The lowest BCUT2D eigenvalue weighted by molar-refractivity contribution is -0.704. The summed E-state index contributed by atoms with van der Waals surface area (Å²) >= 11 is 0. The molecular weight excluding hydrogens is 624 g/mol. The number of carbonyl (C=O) groups excluding carboxylic acids is 2. The molecule has 0 spiro atoms. The number of amides is 2. The van der Waals surface area contributed by atoms with Gasteiger partial charge < -0.3 is 14.2 Å². The first-order valence-corrected chi connectivity index (χ1v) is 19.0. The molecule has 3 aromatic rings. The highest BCUT2D eigenvalue weighted by atomic mass is 16.6. The van der Waals surface area contributed by atoms with Crippen molar-refractivity contribution in [3.05, 3.63) is 89.2 Å². The molecule has 0 bridgehead atoms. The molecule has 2 amide bonds. The summed E-state index contributed by atoms with van der Waals surface area (Å²) in [4.78, 5) is 28.7. The van der Waals surface area contributed by atoms with E-state index in [1.54, 1.807) is 24.3 Å². The van der Waals surface area contributed by atoms with Crippen LogP contribution < -0.4 is 14.0 Å². The molecule has 0 aliphatic heterocycles. The summed E-state index contributed by atoms with van der Waals surface area (Å²) in [5.74, 6) is 0.795. The molecule has 0 atom stereocenters. The van der Waals surface area contributed by atoms with E-state index in [1.807, 2.05) is 36.5 Å². The molecule has 7 nitrogen and oxygen atoms in total. The molecule has 0 saturated heterocycles. The Hall–Kier alpha value is -3.87. The number of pyridine rings is 1. The second-order valence-electron chi connectivity index (χ2n) is 14.3. The lowest BCUT2D eigenvalue weighted by atomic mass is 9.85. The molecule has 50 heavy (non-hydrogen) atoms. The van der Waals surface area contributed by atoms with E-state index in [9.17, 15) is 9.59 Å². The van der Waals surface area contributed by atoms with Gasteiger partial charge in [-0.05, 0) is 47.2 Å². The number of para-hydroxylation sites is 1. The molecule has 0 N–H and O–H groups in total. The zero-order valence-corrected chi connectivity index (χ0v) is 31.8. The van der Waals surface area contributed by atoms with Crippen LogP contribution in [0, 0.1) is 0 Å². The monoisotopic (exact) mass is 687 g/mol. The molecule has 0 aliphatic carbocycles. The van der Waals surface area contributed by atoms with Gasteiger partial charge >= 0.3 is 6.09 Å². The van der Waals surface area contributed by atoms with Crippen molar-refractivity contribution >= 4 is 12.0 Å². The van der Waals surface area contributed by atoms with E-state index in [1.165, 1.54) is 77.7 Å². The molecule has 274 valence electrons. The van der Waals surface area contributed by atoms with Crippen LogP contribution in [0.3, 0.4) is 0 Å². The molecule has 7 heteroatoms. The molecule has 3 rings (SSSR count). The molecule has 0 aliphatic rings. The molecule has 0 unspecified atom stereocenters. The van der Waals surface area contributed by atoms with Crippen LogP contribution in [0.25, 0.3) is 0 Å². The van der Waals surface area contributed by atoms with Crippen LogP contribution in [-0.4, -0.2) is 30.6 Å². The average Bonchev–Trinajstić information content (AvgIpc) is 3.11. The minimum absolute atomic E-state index is 0.0282. The molecular formula is C43H63N2O5+. The van der Waals surface area contributed by atoms with Crippen molar-refractivity contribution in [2.45, 2.75) is 143 Å². The van der Waals surface area contributed by atoms with Crippen LogP contribution in [-0.2, 0) is 29.8 Å². The van der Waals surface area contributed by atoms with E-state index in [-0.39, 0.29) is 18.6 Å². The van der Waals surface area contributed by atoms with E-state index >= 15 is 0 Å². The number of benzene rings is 2. The third kappa shape index (κ3) is 13.4. The summed E-state index contributed by atoms with van der Waals surface area (Å²) < 4.78 is 19.7. The number of nitrogens with zero attached hydrogens (tertiary/aromatic N) is 2. The number of aromatic nitrogens is 1. The lowest BCUT2D eigenvalue weighted by Crippen LogP contribution is -2.44. The summed E-state index contributed by atoms with van der Waals surface area (Å²) in [5, 5.41) is 0. The Morgan fingerprint density at radius 3 is 2.02 bits per heavy atom. The SMILES string of the molecule is CCCCCCCCCCCCCCOc1ccc(COC(=O)N(Cc2cccc[n+]2CCC)C(=O)c2ccccc2OC)cc1C(C)(C)C. The van der Waals surface area contributed by atoms with Crippen LogP contribution in [0.2, 0.25) is 0 Å². The number of imide groups is 1. The van der Waals surface area contributed by atoms with Crippen molar-refractivity contribution in [2.24, 2.45) is 0 Å². The van der Waals surface area contributed by atoms with Crippen LogP contribution in [0.4, 0.5) is 4.79 Å². The smallest absolute Gasteiger partial charge is 0.417 e. The fourth-order valence-corrected chi connectivity index (χ4v) is 6.19. The van der Waals surface area contributed by atoms with Crippen molar-refractivity contribution in [1.82, 2.24) is 4.90 Å². The maximum Gasteiger partial charge on any atom is 0.417 e. The van der Waals surface area contributed by atoms with Crippen molar-refractivity contribution in [2.75, 3.05) is 13.7 Å². The third-order valence-electron chi connectivity index (χ3n) is 9.09. The first-order valence-electron chi connectivity index (χ1n) is 19.0. The molecule has 0 radical (unpaired) electrons. The van der Waals surface area contributed by atoms with Gasteiger partial charge in [0.2, 0.25) is 5.69 Å². The number of hydrogen-bond donors (Lipinski definition) is 0. The second-order valence-corrected chi connectivity index (χ2v) is 14.3. The van der Waals surface area contributed by atoms with Crippen LogP contribution in [0.15, 0.2) is 66.9 Å². The Kier molecular flexibility index (Phi) is 17.9. The Balaban J connectivity index is 1.61. The van der Waals surface area contributed by atoms with Gasteiger partial charge in [0, 0.05) is 18.6 Å². The topological polar surface area (TPSA) is 69.0 Å². The molecule has 1 aromatic heterocycles. The van der Waals surface area contributed by atoms with E-state index in [0.29, 0.717) is 17.9 Å². The van der Waals surface area contributed by atoms with Gasteiger partial charge in [0.15, 0.2) is 6.20 Å². The van der Waals surface area contributed by atoms with E-state index in [0.717, 1.165) is 46.9 Å². The largest absolute Gasteiger partial charge is 0.496 e. The van der Waals surface area contributed by atoms with Gasteiger partial charge in [-0.2, -0.15) is 0 Å². The number of methoxy groups -OCH3 is 1. The summed E-state index contributed by atoms with van der Waals surface area (Å²) in [6, 6.07) is 18.7. The number of hydrogen-bond acceptors (Lipinski definition) is 5. The molecule has 0 fully saturated rings. The predicted molar refractivity (Wildman–Crippen MR) is 202 cm³/mol. The minimum Gasteiger partial charge on any atom is -0.496 e. The Morgan fingerprint density at radius 2 is 1.38 bits per heavy atom. The lowest BCUT2D eigenvalue weighted by Gasteiger charge is -2.24. The maximum atomic E-state index is 13.9. The van der Waals surface area contributed by atoms with Crippen LogP contribution >= 0.6 is 0 Å². The van der Waals surface area contributed by atoms with Crippen molar-refractivity contribution < 1.29 is 28.4 Å². The fraction of sp³-hybridized carbons (Fsp3) is 0.558. The highest BCUT2D eigenvalue weighted by molar-refractivity contribution is 6.04. The number of rotatable bonds is 22. The minimum atomic E-state index is -0.711. The predicted octanol–water partition coefficient (Wildman–Crippen LogP) is 10.7. The summed E-state index contributed by atoms with van der Waals surface area (Å²) in [5.41, 5.74) is 2.87. The van der Waals surface area contributed by atoms with Gasteiger partial charge in [0.1, 0.15) is 31.2 Å². The van der Waals surface area contributed by atoms with E-state index in [2.05, 4.69) is 45.3 Å². The average molecular weight is 688 g/mol. The van der Waals surface area contributed by atoms with Gasteiger partial charge in [0.05, 0.1) is 19.3 Å². The second kappa shape index (κ2) is 22.1. The van der Waals surface area contributed by atoms with Gasteiger partial charge in [-0.1, -0.05) is 130 Å². The normalized spacial score (nSPS) is 11.3. The first kappa shape index (κ1) is 40.6. The Morgan fingerprint density at radius 1 is 0.740 bits per heavy atom. The van der Waals surface area contributed by atoms with Gasteiger partial charge in [-0.3, -0.25) is 4.79 Å². The molecule has 0 saturated carbocycles. The van der Waals surface area contributed by atoms with E-state index in [4.69, 9.17) is 14.2 Å². The van der Waals surface area contributed by atoms with Crippen LogP contribution in [0.1, 0.15) is 145 Å². The quantitative estimate of drug-likeness (QED) is 0.0777. The van der Waals surface area contributed by atoms with Crippen molar-refractivity contribution in [3.8, 4) is 11.5 Å². The highest BCUT2D eigenvalue weighted by Crippen LogP contribution is 2.33. The van der Waals surface area contributed by atoms with Crippen LogP contribution in [0.5, 0.6) is 11.5 Å². The number of unbranched alkanes of at least 4 members (excludes halogenated alkanes) is 11. The zero-order chi connectivity index (χ0) is 36.2. The number of ether oxygens (including phenoxy) is 3. The molecule has 2 aromatic carbocycles. The summed E-state index contributed by atoms with van der Waals surface area (Å²) in [6.07, 6.45) is 17.9. The summed E-state index contributed by atoms with van der Waals surface area (Å²) in [6.45, 7) is 12.4. The Bertz CT molecular complexity index is 1450. The molecule has 1 heterocycles. The standard InChI is InChI=1S/C43H63N2O5/c1-7-9-10-11-12-13-14-15-16-17-18-23-31-49-40-28-27-35(32-38(40)43(3,4)5)34-50-42(47)45(33-36-24-21-22-30-44(36)29-8-2)41(46)37-25-19-20-26-39(37)48-6/h19-22,24-28,30,32H,7-18,23,29,31,33-34H2,1-6H3/q+1. The Labute approximate surface area is 302 Å². The first-order chi connectivity index (χ1) is 24.2. The third-order valence-corrected chi connectivity index (χ3v) is 9.09. The highest BCUT2D eigenvalue weighted by Gasteiger charge is 2.30. The van der Waals surface area contributed by atoms with Gasteiger partial charge in [0.25, 0.3) is 5.91 Å².